The van der Waals surface area contributed by atoms with E-state index in [4.69, 9.17) is 0 Å². The van der Waals surface area contributed by atoms with Crippen LogP contribution in [0.3, 0.4) is 0 Å². The van der Waals surface area contributed by atoms with Gasteiger partial charge in [0, 0.05) is 11.4 Å². The van der Waals surface area contributed by atoms with Gasteiger partial charge in [0.05, 0.1) is 10.8 Å². The van der Waals surface area contributed by atoms with Crippen LogP contribution in [0.4, 0.5) is 5.00 Å². The Bertz CT molecular complexity index is 1190. The number of carbonyl (C=O) groups excluding carboxylic acids is 1. The number of fused-ring (bicyclic) bond motifs is 1. The van der Waals surface area contributed by atoms with Crippen LogP contribution in [0.5, 0.6) is 0 Å². The number of benzene rings is 1. The molecule has 9 heteroatoms. The number of thiophene rings is 1. The number of nitriles is 1. The molecule has 0 radical (unpaired) electrons. The van der Waals surface area contributed by atoms with Gasteiger partial charge < -0.3 is 5.32 Å². The molecule has 1 amide bonds. The van der Waals surface area contributed by atoms with Crippen molar-refractivity contribution in [2.24, 2.45) is 0 Å². The first-order chi connectivity index (χ1) is 15.6. The molecule has 1 aliphatic carbocycles. The second-order valence-electron chi connectivity index (χ2n) is 7.83. The highest BCUT2D eigenvalue weighted by Crippen LogP contribution is 2.37. The van der Waals surface area contributed by atoms with E-state index in [2.05, 4.69) is 21.6 Å². The number of hydrogen-bond donors (Lipinski definition) is 2. The molecule has 0 aliphatic heterocycles. The van der Waals surface area contributed by atoms with E-state index in [1.54, 1.807) is 11.5 Å². The molecular weight excluding hydrogens is 442 g/mol. The fraction of sp³-hybridized carbons (Fsp3) is 0.391. The van der Waals surface area contributed by atoms with Crippen molar-refractivity contribution in [3.8, 4) is 6.07 Å². The van der Waals surface area contributed by atoms with Crippen molar-refractivity contribution in [2.45, 2.75) is 62.4 Å². The van der Waals surface area contributed by atoms with E-state index in [1.807, 2.05) is 30.3 Å². The van der Waals surface area contributed by atoms with E-state index in [9.17, 15) is 14.9 Å². The number of hydrogen-bond acceptors (Lipinski definition) is 6. The quantitative estimate of drug-likeness (QED) is 0.402. The van der Waals surface area contributed by atoms with Gasteiger partial charge in [0.25, 0.3) is 0 Å². The highest BCUT2D eigenvalue weighted by atomic mass is 32.2. The number of aromatic amines is 1. The summed E-state index contributed by atoms with van der Waals surface area (Å²) in [5.74, 6) is -0.201. The number of rotatable bonds is 7. The maximum atomic E-state index is 12.9. The zero-order valence-corrected chi connectivity index (χ0v) is 19.5. The summed E-state index contributed by atoms with van der Waals surface area (Å²) in [6.45, 7) is 2.26. The summed E-state index contributed by atoms with van der Waals surface area (Å²) in [6.07, 6.45) is 5.94. The molecule has 1 atom stereocenters. The minimum Gasteiger partial charge on any atom is -0.316 e. The van der Waals surface area contributed by atoms with Crippen molar-refractivity contribution in [1.29, 1.82) is 5.26 Å². The van der Waals surface area contributed by atoms with Crippen molar-refractivity contribution in [1.82, 2.24) is 14.8 Å². The number of nitrogens with one attached hydrogen (secondary N) is 2. The lowest BCUT2D eigenvalue weighted by atomic mass is 10.1. The first kappa shape index (κ1) is 22.4. The lowest BCUT2D eigenvalue weighted by Gasteiger charge is -2.12. The van der Waals surface area contributed by atoms with Crippen LogP contribution in [-0.2, 0) is 30.6 Å². The van der Waals surface area contributed by atoms with Crippen LogP contribution in [0.25, 0.3) is 0 Å². The molecule has 2 aromatic heterocycles. The second kappa shape index (κ2) is 10.2. The van der Waals surface area contributed by atoms with Gasteiger partial charge in [-0.15, -0.1) is 16.4 Å². The molecule has 0 bridgehead atoms. The zero-order chi connectivity index (χ0) is 22.5. The van der Waals surface area contributed by atoms with Crippen molar-refractivity contribution in [3.05, 3.63) is 62.4 Å². The third kappa shape index (κ3) is 4.97. The largest absolute Gasteiger partial charge is 0.343 e. The molecule has 32 heavy (non-hydrogen) atoms. The summed E-state index contributed by atoms with van der Waals surface area (Å²) in [4.78, 5) is 26.3. The summed E-state index contributed by atoms with van der Waals surface area (Å²) in [7, 11) is 0. The normalized spacial score (nSPS) is 14.2. The molecule has 166 valence electrons. The average molecular weight is 468 g/mol. The van der Waals surface area contributed by atoms with Crippen molar-refractivity contribution in [3.63, 3.8) is 0 Å². The minimum atomic E-state index is -0.478. The van der Waals surface area contributed by atoms with Crippen LogP contribution >= 0.6 is 23.1 Å². The van der Waals surface area contributed by atoms with E-state index < -0.39 is 5.25 Å². The SMILES string of the molecule is CC(Sc1n[nH]c(=O)n1CCc1ccccc1)C(=O)Nc1sc2c(c1C#N)CCCCC2. The molecule has 1 unspecified atom stereocenters. The molecule has 1 aromatic carbocycles. The van der Waals surface area contributed by atoms with Gasteiger partial charge in [-0.05, 0) is 50.2 Å². The number of aryl methyl sites for hydroxylation is 2. The van der Waals surface area contributed by atoms with Gasteiger partial charge in [-0.25, -0.2) is 9.89 Å². The Labute approximate surface area is 194 Å². The van der Waals surface area contributed by atoms with Gasteiger partial charge in [0.2, 0.25) is 5.91 Å². The Kier molecular flexibility index (Phi) is 7.12. The molecule has 2 heterocycles. The fourth-order valence-electron chi connectivity index (χ4n) is 3.85. The zero-order valence-electron chi connectivity index (χ0n) is 17.9. The van der Waals surface area contributed by atoms with Gasteiger partial charge in [0.15, 0.2) is 5.16 Å². The number of carbonyl (C=O) groups is 1. The Morgan fingerprint density at radius 2 is 2.09 bits per heavy atom. The minimum absolute atomic E-state index is 0.201. The Morgan fingerprint density at radius 1 is 1.31 bits per heavy atom. The maximum absolute atomic E-state index is 12.9. The molecule has 7 nitrogen and oxygen atoms in total. The standard InChI is InChI=1S/C23H25N5O2S2/c1-15(20(29)25-21-18(14-24)17-10-6-3-7-11-19(17)32-21)31-23-27-26-22(30)28(23)13-12-16-8-4-2-5-9-16/h2,4-5,8-9,15H,3,6-7,10-13H2,1H3,(H,25,29)(H,26,30). The Balaban J connectivity index is 1.44. The van der Waals surface area contributed by atoms with Gasteiger partial charge in [0.1, 0.15) is 11.1 Å². The van der Waals surface area contributed by atoms with Gasteiger partial charge >= 0.3 is 5.69 Å². The fourth-order valence-corrected chi connectivity index (χ4v) is 5.97. The number of aromatic nitrogens is 3. The van der Waals surface area contributed by atoms with Crippen LogP contribution in [-0.4, -0.2) is 25.9 Å². The van der Waals surface area contributed by atoms with Crippen molar-refractivity contribution in [2.75, 3.05) is 5.32 Å². The summed E-state index contributed by atoms with van der Waals surface area (Å²) in [5.41, 5.74) is 2.55. The Hall–Kier alpha value is -2.83. The maximum Gasteiger partial charge on any atom is 0.343 e. The molecule has 3 aromatic rings. The van der Waals surface area contributed by atoms with E-state index >= 15 is 0 Å². The summed E-state index contributed by atoms with van der Waals surface area (Å²) >= 11 is 2.76. The lowest BCUT2D eigenvalue weighted by molar-refractivity contribution is -0.115. The van der Waals surface area contributed by atoms with E-state index in [-0.39, 0.29) is 11.6 Å². The van der Waals surface area contributed by atoms with Gasteiger partial charge in [-0.2, -0.15) is 5.26 Å². The Morgan fingerprint density at radius 3 is 2.88 bits per heavy atom. The third-order valence-corrected chi connectivity index (χ3v) is 7.91. The molecule has 0 saturated carbocycles. The van der Waals surface area contributed by atoms with E-state index in [1.165, 1.54) is 34.4 Å². The number of anilines is 1. The van der Waals surface area contributed by atoms with Gasteiger partial charge in [-0.1, -0.05) is 48.5 Å². The van der Waals surface area contributed by atoms with E-state index in [0.29, 0.717) is 28.7 Å². The molecule has 1 aliphatic rings. The van der Waals surface area contributed by atoms with Crippen LogP contribution in [0.1, 0.15) is 47.8 Å². The molecule has 0 saturated heterocycles. The average Bonchev–Trinajstić information content (AvgIpc) is 3.21. The first-order valence-corrected chi connectivity index (χ1v) is 12.5. The smallest absolute Gasteiger partial charge is 0.316 e. The van der Waals surface area contributed by atoms with Crippen LogP contribution in [0, 0.1) is 11.3 Å². The highest BCUT2D eigenvalue weighted by molar-refractivity contribution is 8.00. The summed E-state index contributed by atoms with van der Waals surface area (Å²) < 4.78 is 1.56. The van der Waals surface area contributed by atoms with Crippen molar-refractivity contribution >= 4 is 34.0 Å². The predicted octanol–water partition coefficient (Wildman–Crippen LogP) is 4.14. The molecule has 4 rings (SSSR count). The van der Waals surface area contributed by atoms with Crippen molar-refractivity contribution < 1.29 is 4.79 Å². The number of amides is 1. The predicted molar refractivity (Wildman–Crippen MR) is 127 cm³/mol. The molecule has 0 spiro atoms. The van der Waals surface area contributed by atoms with Crippen LogP contribution < -0.4 is 11.0 Å². The lowest BCUT2D eigenvalue weighted by Crippen LogP contribution is -2.24. The second-order valence-corrected chi connectivity index (χ2v) is 10.2. The summed E-state index contributed by atoms with van der Waals surface area (Å²) in [6, 6.07) is 12.2. The third-order valence-electron chi connectivity index (χ3n) is 5.61. The number of nitrogens with zero attached hydrogens (tertiary/aromatic N) is 3. The van der Waals surface area contributed by atoms with E-state index in [0.717, 1.165) is 36.8 Å². The highest BCUT2D eigenvalue weighted by Gasteiger charge is 2.24. The monoisotopic (exact) mass is 467 g/mol. The first-order valence-electron chi connectivity index (χ1n) is 10.8. The molecular formula is C23H25N5O2S2. The number of thioether (sulfide) groups is 1. The number of H-pyrrole nitrogens is 1. The topological polar surface area (TPSA) is 104 Å². The van der Waals surface area contributed by atoms with Crippen LogP contribution in [0.15, 0.2) is 40.3 Å². The van der Waals surface area contributed by atoms with Gasteiger partial charge in [-0.3, -0.25) is 9.36 Å². The molecule has 0 fully saturated rings. The van der Waals surface area contributed by atoms with Crippen LogP contribution in [0.2, 0.25) is 0 Å². The molecule has 2 N–H and O–H groups in total. The summed E-state index contributed by atoms with van der Waals surface area (Å²) in [5, 5.41) is 19.9.